The highest BCUT2D eigenvalue weighted by atomic mass is 35.5. The summed E-state index contributed by atoms with van der Waals surface area (Å²) < 4.78 is 5.41. The summed E-state index contributed by atoms with van der Waals surface area (Å²) in [6, 6.07) is 13.9. The van der Waals surface area contributed by atoms with Crippen molar-refractivity contribution in [3.05, 3.63) is 54.1 Å². The van der Waals surface area contributed by atoms with E-state index in [1.807, 2.05) is 20.8 Å². The number of benzene rings is 2. The Labute approximate surface area is 165 Å². The van der Waals surface area contributed by atoms with E-state index < -0.39 is 5.41 Å². The number of rotatable bonds is 6. The molecule has 0 heterocycles. The molecule has 0 aromatic heterocycles. The molecule has 6 nitrogen and oxygen atoms in total. The molecular weight excluding hydrogens is 366 g/mol. The smallest absolute Gasteiger partial charge is 0.257 e. The van der Waals surface area contributed by atoms with Gasteiger partial charge in [0.2, 0.25) is 5.91 Å². The summed E-state index contributed by atoms with van der Waals surface area (Å²) in [6.07, 6.45) is 0. The zero-order valence-corrected chi connectivity index (χ0v) is 16.6. The Kier molecular flexibility index (Phi) is 8.28. The normalized spacial score (nSPS) is 10.5. The van der Waals surface area contributed by atoms with Gasteiger partial charge in [-0.05, 0) is 36.4 Å². The Hall–Kier alpha value is -2.57. The van der Waals surface area contributed by atoms with Crippen LogP contribution in [0.3, 0.4) is 0 Å². The van der Waals surface area contributed by atoms with Crippen molar-refractivity contribution in [2.45, 2.75) is 20.8 Å². The second-order valence-electron chi connectivity index (χ2n) is 6.87. The lowest BCUT2D eigenvalue weighted by Crippen LogP contribution is -2.28. The Morgan fingerprint density at radius 1 is 1.00 bits per heavy atom. The Morgan fingerprint density at radius 2 is 1.63 bits per heavy atom. The Balaban J connectivity index is 0.00000364. The van der Waals surface area contributed by atoms with Gasteiger partial charge in [-0.2, -0.15) is 0 Å². The second kappa shape index (κ2) is 9.94. The molecule has 2 aromatic rings. The van der Waals surface area contributed by atoms with Gasteiger partial charge in [0, 0.05) is 17.6 Å². The number of nitrogens with one attached hydrogen (secondary N) is 2. The van der Waals surface area contributed by atoms with Crippen molar-refractivity contribution < 1.29 is 14.3 Å². The molecule has 2 rings (SSSR count). The summed E-state index contributed by atoms with van der Waals surface area (Å²) in [5.41, 5.74) is 6.36. The van der Waals surface area contributed by atoms with Crippen LogP contribution >= 0.6 is 12.4 Å². The first-order chi connectivity index (χ1) is 12.3. The van der Waals surface area contributed by atoms with E-state index in [1.54, 1.807) is 48.5 Å². The fourth-order valence-corrected chi connectivity index (χ4v) is 2.11. The van der Waals surface area contributed by atoms with Crippen LogP contribution in [-0.4, -0.2) is 25.0 Å². The van der Waals surface area contributed by atoms with Crippen LogP contribution in [0.15, 0.2) is 48.5 Å². The van der Waals surface area contributed by atoms with Crippen molar-refractivity contribution in [2.75, 3.05) is 23.8 Å². The van der Waals surface area contributed by atoms with Crippen LogP contribution in [0.2, 0.25) is 0 Å². The van der Waals surface area contributed by atoms with Gasteiger partial charge in [-0.25, -0.2) is 0 Å². The van der Waals surface area contributed by atoms with Gasteiger partial charge in [-0.15, -0.1) is 12.4 Å². The molecule has 2 amide bonds. The predicted molar refractivity (Wildman–Crippen MR) is 111 cm³/mol. The highest BCUT2D eigenvalue weighted by Gasteiger charge is 2.23. The predicted octanol–water partition coefficient (Wildman–Crippen LogP) is 3.68. The molecule has 0 fully saturated rings. The highest BCUT2D eigenvalue weighted by Crippen LogP contribution is 2.22. The van der Waals surface area contributed by atoms with Crippen LogP contribution < -0.4 is 21.1 Å². The molecule has 0 bridgehead atoms. The van der Waals surface area contributed by atoms with Crippen molar-refractivity contribution in [2.24, 2.45) is 11.1 Å². The van der Waals surface area contributed by atoms with Crippen LogP contribution in [-0.2, 0) is 4.79 Å². The van der Waals surface area contributed by atoms with E-state index in [0.29, 0.717) is 35.8 Å². The van der Waals surface area contributed by atoms with E-state index in [4.69, 9.17) is 10.5 Å². The third-order valence-electron chi connectivity index (χ3n) is 3.60. The van der Waals surface area contributed by atoms with Gasteiger partial charge < -0.3 is 21.1 Å². The van der Waals surface area contributed by atoms with E-state index >= 15 is 0 Å². The summed E-state index contributed by atoms with van der Waals surface area (Å²) in [7, 11) is 0. The number of amides is 2. The van der Waals surface area contributed by atoms with Gasteiger partial charge in [0.05, 0.1) is 11.3 Å². The number of hydrogen-bond donors (Lipinski definition) is 3. The molecule has 0 atom stereocenters. The summed E-state index contributed by atoms with van der Waals surface area (Å²) in [5, 5.41) is 5.64. The number of halogens is 1. The molecular formula is C20H26ClN3O3. The van der Waals surface area contributed by atoms with E-state index in [2.05, 4.69) is 10.6 Å². The molecule has 0 spiro atoms. The maximum Gasteiger partial charge on any atom is 0.257 e. The maximum absolute atomic E-state index is 12.6. The number of hydrogen-bond acceptors (Lipinski definition) is 4. The van der Waals surface area contributed by atoms with Gasteiger partial charge in [-0.1, -0.05) is 32.9 Å². The molecule has 0 aliphatic rings. The fraction of sp³-hybridized carbons (Fsp3) is 0.300. The molecule has 0 radical (unpaired) electrons. The van der Waals surface area contributed by atoms with Crippen LogP contribution in [0.4, 0.5) is 11.4 Å². The average molecular weight is 392 g/mol. The van der Waals surface area contributed by atoms with Crippen molar-refractivity contribution in [1.82, 2.24) is 0 Å². The van der Waals surface area contributed by atoms with E-state index in [9.17, 15) is 9.59 Å². The number of nitrogens with two attached hydrogens (primary N) is 1. The van der Waals surface area contributed by atoms with Crippen molar-refractivity contribution >= 4 is 35.6 Å². The van der Waals surface area contributed by atoms with Gasteiger partial charge in [0.25, 0.3) is 5.91 Å². The first kappa shape index (κ1) is 22.5. The van der Waals surface area contributed by atoms with E-state index in [0.717, 1.165) is 0 Å². The summed E-state index contributed by atoms with van der Waals surface area (Å²) in [6.45, 7) is 6.33. The molecule has 2 aromatic carbocycles. The van der Waals surface area contributed by atoms with Crippen molar-refractivity contribution in [3.63, 3.8) is 0 Å². The standard InChI is InChI=1S/C20H25N3O3.ClH/c1-20(2,3)19(25)23-17-7-5-4-6-16(17)18(24)22-14-8-10-15(11-9-14)26-13-12-21;/h4-11H,12-13,21H2,1-3H3,(H,22,24)(H,23,25);1H. The third-order valence-corrected chi connectivity index (χ3v) is 3.60. The SMILES string of the molecule is CC(C)(C)C(=O)Nc1ccccc1C(=O)Nc1ccc(OCCN)cc1.Cl. The minimum Gasteiger partial charge on any atom is -0.492 e. The van der Waals surface area contributed by atoms with E-state index in [1.165, 1.54) is 0 Å². The number of para-hydroxylation sites is 1. The van der Waals surface area contributed by atoms with Crippen LogP contribution in [0.1, 0.15) is 31.1 Å². The summed E-state index contributed by atoms with van der Waals surface area (Å²) >= 11 is 0. The van der Waals surface area contributed by atoms with Gasteiger partial charge in [-0.3, -0.25) is 9.59 Å². The zero-order chi connectivity index (χ0) is 19.2. The largest absolute Gasteiger partial charge is 0.492 e. The van der Waals surface area contributed by atoms with E-state index in [-0.39, 0.29) is 24.2 Å². The lowest BCUT2D eigenvalue weighted by Gasteiger charge is -2.19. The number of carbonyl (C=O) groups excluding carboxylic acids is 2. The number of ether oxygens (including phenoxy) is 1. The molecule has 0 saturated carbocycles. The fourth-order valence-electron chi connectivity index (χ4n) is 2.11. The van der Waals surface area contributed by atoms with Gasteiger partial charge >= 0.3 is 0 Å². The zero-order valence-electron chi connectivity index (χ0n) is 15.7. The van der Waals surface area contributed by atoms with Crippen molar-refractivity contribution in [1.29, 1.82) is 0 Å². The average Bonchev–Trinajstić information content (AvgIpc) is 2.60. The molecule has 27 heavy (non-hydrogen) atoms. The second-order valence-corrected chi connectivity index (χ2v) is 6.87. The molecule has 7 heteroatoms. The van der Waals surface area contributed by atoms with Crippen molar-refractivity contribution in [3.8, 4) is 5.75 Å². The molecule has 0 unspecified atom stereocenters. The third kappa shape index (κ3) is 6.58. The minimum atomic E-state index is -0.553. The number of carbonyl (C=O) groups is 2. The minimum absolute atomic E-state index is 0. The lowest BCUT2D eigenvalue weighted by atomic mass is 9.95. The lowest BCUT2D eigenvalue weighted by molar-refractivity contribution is -0.123. The quantitative estimate of drug-likeness (QED) is 0.700. The molecule has 0 aliphatic carbocycles. The number of anilines is 2. The maximum atomic E-state index is 12.6. The topological polar surface area (TPSA) is 93.5 Å². The molecule has 146 valence electrons. The van der Waals surface area contributed by atoms with Crippen LogP contribution in [0.5, 0.6) is 5.75 Å². The first-order valence-electron chi connectivity index (χ1n) is 8.46. The molecule has 4 N–H and O–H groups in total. The van der Waals surface area contributed by atoms with Crippen LogP contribution in [0, 0.1) is 5.41 Å². The Morgan fingerprint density at radius 3 is 2.22 bits per heavy atom. The monoisotopic (exact) mass is 391 g/mol. The van der Waals surface area contributed by atoms with Gasteiger partial charge in [0.15, 0.2) is 0 Å². The first-order valence-corrected chi connectivity index (χ1v) is 8.46. The molecule has 0 aliphatic heterocycles. The summed E-state index contributed by atoms with van der Waals surface area (Å²) in [5.74, 6) is 0.232. The highest BCUT2D eigenvalue weighted by molar-refractivity contribution is 6.10. The molecule has 0 saturated heterocycles. The van der Waals surface area contributed by atoms with Crippen LogP contribution in [0.25, 0.3) is 0 Å². The Bertz CT molecular complexity index is 771. The summed E-state index contributed by atoms with van der Waals surface area (Å²) in [4.78, 5) is 24.8. The van der Waals surface area contributed by atoms with Gasteiger partial charge in [0.1, 0.15) is 12.4 Å².